The largest absolute Gasteiger partial charge is 0.365 e. The standard InChI is InChI=1S/C12H13N3O/c1-15-10-5-3-2-4-8(10)6-11(15)9-7-12(16)14-13-9/h2-5,7,11H,6H2,1H3,(H2,13,14,16). The van der Waals surface area contributed by atoms with Crippen molar-refractivity contribution in [2.75, 3.05) is 11.9 Å². The van der Waals surface area contributed by atoms with Gasteiger partial charge in [-0.1, -0.05) is 18.2 Å². The lowest BCUT2D eigenvalue weighted by Crippen LogP contribution is -2.20. The van der Waals surface area contributed by atoms with Crippen molar-refractivity contribution in [2.45, 2.75) is 12.5 Å². The zero-order valence-corrected chi connectivity index (χ0v) is 9.03. The van der Waals surface area contributed by atoms with Crippen LogP contribution in [0.5, 0.6) is 0 Å². The summed E-state index contributed by atoms with van der Waals surface area (Å²) < 4.78 is 0. The Balaban J connectivity index is 2.01. The third kappa shape index (κ3) is 1.26. The van der Waals surface area contributed by atoms with Crippen molar-refractivity contribution in [1.29, 1.82) is 0 Å². The van der Waals surface area contributed by atoms with Gasteiger partial charge in [0.1, 0.15) is 0 Å². The topological polar surface area (TPSA) is 51.9 Å². The van der Waals surface area contributed by atoms with Crippen molar-refractivity contribution in [3.8, 4) is 0 Å². The molecule has 1 aromatic carbocycles. The summed E-state index contributed by atoms with van der Waals surface area (Å²) in [5.41, 5.74) is 3.45. The first-order valence-electron chi connectivity index (χ1n) is 5.34. The minimum Gasteiger partial charge on any atom is -0.365 e. The number of likely N-dealkylation sites (N-methyl/N-ethyl adjacent to an activating group) is 1. The molecule has 0 aliphatic carbocycles. The molecule has 0 spiro atoms. The van der Waals surface area contributed by atoms with Crippen LogP contribution >= 0.6 is 0 Å². The van der Waals surface area contributed by atoms with E-state index in [1.165, 1.54) is 11.3 Å². The zero-order chi connectivity index (χ0) is 11.1. The maximum atomic E-state index is 11.1. The minimum atomic E-state index is -0.0700. The minimum absolute atomic E-state index is 0.0700. The fourth-order valence-corrected chi connectivity index (χ4v) is 2.39. The average Bonchev–Trinajstić information content (AvgIpc) is 2.84. The number of aromatic nitrogens is 2. The molecule has 0 saturated heterocycles. The molecule has 0 amide bonds. The highest BCUT2D eigenvalue weighted by Gasteiger charge is 2.28. The van der Waals surface area contributed by atoms with Crippen LogP contribution in [-0.2, 0) is 6.42 Å². The Kier molecular flexibility index (Phi) is 1.89. The summed E-state index contributed by atoms with van der Waals surface area (Å²) >= 11 is 0. The van der Waals surface area contributed by atoms with Crippen LogP contribution in [0.15, 0.2) is 35.1 Å². The molecule has 3 rings (SSSR count). The Hall–Kier alpha value is -1.97. The van der Waals surface area contributed by atoms with E-state index in [0.29, 0.717) is 0 Å². The second kappa shape index (κ2) is 3.27. The highest BCUT2D eigenvalue weighted by molar-refractivity contribution is 5.59. The van der Waals surface area contributed by atoms with Gasteiger partial charge >= 0.3 is 0 Å². The molecule has 4 nitrogen and oxygen atoms in total. The smallest absolute Gasteiger partial charge is 0.264 e. The highest BCUT2D eigenvalue weighted by atomic mass is 16.1. The van der Waals surface area contributed by atoms with Crippen LogP contribution in [0.25, 0.3) is 0 Å². The molecule has 2 heterocycles. The summed E-state index contributed by atoms with van der Waals surface area (Å²) in [5.74, 6) is 0. The Labute approximate surface area is 92.9 Å². The van der Waals surface area contributed by atoms with Gasteiger partial charge in [0.15, 0.2) is 0 Å². The highest BCUT2D eigenvalue weighted by Crippen LogP contribution is 2.37. The molecule has 2 N–H and O–H groups in total. The van der Waals surface area contributed by atoms with Crippen LogP contribution in [0.4, 0.5) is 5.69 Å². The van der Waals surface area contributed by atoms with E-state index in [9.17, 15) is 4.79 Å². The molecule has 1 aliphatic heterocycles. The number of nitrogens with one attached hydrogen (secondary N) is 2. The van der Waals surface area contributed by atoms with Crippen LogP contribution < -0.4 is 10.5 Å². The van der Waals surface area contributed by atoms with Gasteiger partial charge in [0.2, 0.25) is 0 Å². The molecule has 1 aliphatic rings. The number of rotatable bonds is 1. The second-order valence-electron chi connectivity index (χ2n) is 4.17. The van der Waals surface area contributed by atoms with Crippen molar-refractivity contribution in [2.24, 2.45) is 0 Å². The molecule has 1 unspecified atom stereocenters. The number of hydrogen-bond donors (Lipinski definition) is 2. The lowest BCUT2D eigenvalue weighted by molar-refractivity contribution is 0.687. The summed E-state index contributed by atoms with van der Waals surface area (Å²) in [7, 11) is 2.06. The number of fused-ring (bicyclic) bond motifs is 1. The lowest BCUT2D eigenvalue weighted by atomic mass is 10.1. The van der Waals surface area contributed by atoms with E-state index in [1.54, 1.807) is 6.07 Å². The number of aromatic amines is 2. The molecule has 4 heteroatoms. The molecule has 0 fully saturated rings. The Morgan fingerprint density at radius 2 is 2.12 bits per heavy atom. The van der Waals surface area contributed by atoms with Crippen LogP contribution in [0.3, 0.4) is 0 Å². The van der Waals surface area contributed by atoms with Crippen molar-refractivity contribution in [1.82, 2.24) is 10.2 Å². The number of para-hydroxylation sites is 1. The zero-order valence-electron chi connectivity index (χ0n) is 9.03. The molecule has 16 heavy (non-hydrogen) atoms. The molecular formula is C12H13N3O. The SMILES string of the molecule is CN1c2ccccc2CC1c1cc(=O)[nH][nH]1. The molecular weight excluding hydrogens is 202 g/mol. The summed E-state index contributed by atoms with van der Waals surface area (Å²) in [5, 5.41) is 5.52. The van der Waals surface area contributed by atoms with Gasteiger partial charge < -0.3 is 10.00 Å². The molecule has 0 saturated carbocycles. The van der Waals surface area contributed by atoms with E-state index in [1.807, 2.05) is 6.07 Å². The maximum absolute atomic E-state index is 11.1. The van der Waals surface area contributed by atoms with Gasteiger partial charge in [-0.15, -0.1) is 0 Å². The van der Waals surface area contributed by atoms with E-state index >= 15 is 0 Å². The number of anilines is 1. The molecule has 0 radical (unpaired) electrons. The van der Waals surface area contributed by atoms with Crippen molar-refractivity contribution in [3.63, 3.8) is 0 Å². The average molecular weight is 215 g/mol. The fraction of sp³-hybridized carbons (Fsp3) is 0.250. The third-order valence-electron chi connectivity index (χ3n) is 3.23. The summed E-state index contributed by atoms with van der Waals surface area (Å²) in [6.45, 7) is 0. The maximum Gasteiger partial charge on any atom is 0.264 e. The molecule has 0 bridgehead atoms. The van der Waals surface area contributed by atoms with Gasteiger partial charge in [-0.05, 0) is 11.6 Å². The van der Waals surface area contributed by atoms with Gasteiger partial charge in [0.05, 0.1) is 11.7 Å². The third-order valence-corrected chi connectivity index (χ3v) is 3.23. The molecule has 2 aromatic rings. The fourth-order valence-electron chi connectivity index (χ4n) is 2.39. The Morgan fingerprint density at radius 3 is 2.81 bits per heavy atom. The monoisotopic (exact) mass is 215 g/mol. The van der Waals surface area contributed by atoms with Gasteiger partial charge in [-0.3, -0.25) is 9.89 Å². The predicted molar refractivity (Wildman–Crippen MR) is 62.7 cm³/mol. The first-order valence-corrected chi connectivity index (χ1v) is 5.34. The predicted octanol–water partition coefficient (Wildman–Crippen LogP) is 1.44. The quantitative estimate of drug-likeness (QED) is 0.756. The summed E-state index contributed by atoms with van der Waals surface area (Å²) in [6, 6.07) is 10.2. The normalized spacial score (nSPS) is 18.8. The Morgan fingerprint density at radius 1 is 1.31 bits per heavy atom. The van der Waals surface area contributed by atoms with E-state index in [4.69, 9.17) is 0 Å². The van der Waals surface area contributed by atoms with Gasteiger partial charge in [-0.2, -0.15) is 0 Å². The number of hydrogen-bond acceptors (Lipinski definition) is 2. The first-order chi connectivity index (χ1) is 7.75. The van der Waals surface area contributed by atoms with Crippen molar-refractivity contribution in [3.05, 3.63) is 51.9 Å². The van der Waals surface area contributed by atoms with Crippen LogP contribution in [-0.4, -0.2) is 17.2 Å². The second-order valence-corrected chi connectivity index (χ2v) is 4.17. The van der Waals surface area contributed by atoms with Gasteiger partial charge in [0, 0.05) is 25.2 Å². The van der Waals surface area contributed by atoms with E-state index in [0.717, 1.165) is 12.1 Å². The van der Waals surface area contributed by atoms with Crippen LogP contribution in [0, 0.1) is 0 Å². The number of nitrogens with zero attached hydrogens (tertiary/aromatic N) is 1. The van der Waals surface area contributed by atoms with E-state index in [2.05, 4.69) is 40.3 Å². The molecule has 1 atom stereocenters. The summed E-state index contributed by atoms with van der Waals surface area (Å²) in [6.07, 6.45) is 0.945. The van der Waals surface area contributed by atoms with Gasteiger partial charge in [0.25, 0.3) is 5.56 Å². The number of benzene rings is 1. The lowest BCUT2D eigenvalue weighted by Gasteiger charge is -2.21. The van der Waals surface area contributed by atoms with Gasteiger partial charge in [-0.25, -0.2) is 0 Å². The van der Waals surface area contributed by atoms with E-state index < -0.39 is 0 Å². The van der Waals surface area contributed by atoms with Crippen molar-refractivity contribution < 1.29 is 0 Å². The van der Waals surface area contributed by atoms with Crippen molar-refractivity contribution >= 4 is 5.69 Å². The summed E-state index contributed by atoms with van der Waals surface area (Å²) in [4.78, 5) is 13.3. The molecule has 1 aromatic heterocycles. The number of H-pyrrole nitrogens is 2. The first kappa shape index (κ1) is 9.27. The Bertz CT molecular complexity index is 569. The molecule has 82 valence electrons. The van der Waals surface area contributed by atoms with Crippen LogP contribution in [0.1, 0.15) is 17.3 Å². The van der Waals surface area contributed by atoms with Crippen LogP contribution in [0.2, 0.25) is 0 Å². The van der Waals surface area contributed by atoms with E-state index in [-0.39, 0.29) is 11.6 Å².